The van der Waals surface area contributed by atoms with Gasteiger partial charge in [-0.25, -0.2) is 8.97 Å². The Bertz CT molecular complexity index is 1230. The topological polar surface area (TPSA) is 21.2 Å². The van der Waals surface area contributed by atoms with Crippen molar-refractivity contribution in [3.05, 3.63) is 66.4 Å². The van der Waals surface area contributed by atoms with E-state index < -0.39 is 0 Å². The van der Waals surface area contributed by atoms with Crippen molar-refractivity contribution in [2.75, 3.05) is 0 Å². The Hall–Kier alpha value is -2.94. The minimum Gasteiger partial charge on any atom is -0.229 e. The maximum absolute atomic E-state index is 4.60. The Balaban J connectivity index is 2.30. The number of nitrogens with zero attached hydrogens (tertiary/aromatic N) is 3. The van der Waals surface area contributed by atoms with Gasteiger partial charge in [-0.3, -0.25) is 0 Å². The quantitative estimate of drug-likeness (QED) is 0.313. The lowest BCUT2D eigenvalue weighted by Crippen LogP contribution is -2.28. The number of hydrogen-bond acceptors (Lipinski definition) is 1. The van der Waals surface area contributed by atoms with Crippen molar-refractivity contribution in [3.63, 3.8) is 0 Å². The summed E-state index contributed by atoms with van der Waals surface area (Å²) in [5, 5.41) is 3.87. The molecule has 0 aliphatic heterocycles. The molecule has 23 heavy (non-hydrogen) atoms. The van der Waals surface area contributed by atoms with Crippen LogP contribution >= 0.6 is 0 Å². The van der Waals surface area contributed by atoms with E-state index in [9.17, 15) is 0 Å². The van der Waals surface area contributed by atoms with Crippen LogP contribution in [0.15, 0.2) is 60.8 Å². The number of rotatable bonds is 0. The van der Waals surface area contributed by atoms with E-state index >= 15 is 0 Å². The Kier molecular flexibility index (Phi) is 2.35. The standard InChI is InChI=1S/C20H16N3/c1-13-7-5-9-15-14-8-3-4-10-16(14)23-17-11-6-12-21-19(17)22(2)20(23)18(13)15/h3-12H,1-2H3/q+1. The molecule has 0 atom stereocenters. The van der Waals surface area contributed by atoms with Gasteiger partial charge in [0.1, 0.15) is 11.7 Å². The van der Waals surface area contributed by atoms with Crippen LogP contribution in [-0.4, -0.2) is 9.38 Å². The predicted molar refractivity (Wildman–Crippen MR) is 93.6 cm³/mol. The maximum Gasteiger partial charge on any atom is 0.302 e. The smallest absolute Gasteiger partial charge is 0.229 e. The van der Waals surface area contributed by atoms with Crippen molar-refractivity contribution in [1.29, 1.82) is 0 Å². The van der Waals surface area contributed by atoms with E-state index in [4.69, 9.17) is 0 Å². The molecule has 2 aromatic carbocycles. The van der Waals surface area contributed by atoms with Crippen LogP contribution in [0.1, 0.15) is 5.56 Å². The lowest BCUT2D eigenvalue weighted by Gasteiger charge is -2.08. The Labute approximate surface area is 133 Å². The van der Waals surface area contributed by atoms with Gasteiger partial charge >= 0.3 is 5.65 Å². The molecular weight excluding hydrogens is 282 g/mol. The second kappa shape index (κ2) is 4.29. The van der Waals surface area contributed by atoms with Gasteiger partial charge in [0.25, 0.3) is 0 Å². The van der Waals surface area contributed by atoms with Gasteiger partial charge in [-0.05, 0) is 36.1 Å². The first-order chi connectivity index (χ1) is 11.3. The van der Waals surface area contributed by atoms with Crippen molar-refractivity contribution in [2.45, 2.75) is 6.92 Å². The van der Waals surface area contributed by atoms with Crippen molar-refractivity contribution >= 4 is 38.5 Å². The third kappa shape index (κ3) is 1.49. The summed E-state index contributed by atoms with van der Waals surface area (Å²) in [6, 6.07) is 19.3. The van der Waals surface area contributed by atoms with Crippen LogP contribution in [0.2, 0.25) is 0 Å². The number of benzene rings is 2. The van der Waals surface area contributed by atoms with Crippen LogP contribution in [0, 0.1) is 6.92 Å². The number of imidazole rings is 1. The van der Waals surface area contributed by atoms with Gasteiger partial charge in [0.15, 0.2) is 5.52 Å². The van der Waals surface area contributed by atoms with E-state index in [1.54, 1.807) is 0 Å². The molecule has 0 saturated carbocycles. The fourth-order valence-corrected chi connectivity index (χ4v) is 3.79. The summed E-state index contributed by atoms with van der Waals surface area (Å²) in [4.78, 5) is 4.60. The zero-order chi connectivity index (χ0) is 15.6. The summed E-state index contributed by atoms with van der Waals surface area (Å²) in [5.74, 6) is 0. The molecular formula is C20H16N3+. The van der Waals surface area contributed by atoms with Crippen LogP contribution in [0.3, 0.4) is 0 Å². The molecule has 3 nitrogen and oxygen atoms in total. The summed E-state index contributed by atoms with van der Waals surface area (Å²) < 4.78 is 4.55. The molecule has 0 fully saturated rings. The summed E-state index contributed by atoms with van der Waals surface area (Å²) in [6.07, 6.45) is 1.86. The number of para-hydroxylation sites is 1. The fraction of sp³-hybridized carbons (Fsp3) is 0.100. The Morgan fingerprint density at radius 3 is 2.57 bits per heavy atom. The molecule has 0 amide bonds. The molecule has 0 saturated heterocycles. The molecule has 5 rings (SSSR count). The molecule has 0 spiro atoms. The molecule has 0 radical (unpaired) electrons. The number of hydrogen-bond donors (Lipinski definition) is 0. The molecule has 110 valence electrons. The van der Waals surface area contributed by atoms with E-state index in [1.165, 1.54) is 32.9 Å². The lowest BCUT2D eigenvalue weighted by atomic mass is 10.0. The number of aryl methyl sites for hydroxylation is 2. The van der Waals surface area contributed by atoms with Crippen LogP contribution in [-0.2, 0) is 7.05 Å². The van der Waals surface area contributed by atoms with E-state index in [-0.39, 0.29) is 0 Å². The first-order valence-corrected chi connectivity index (χ1v) is 7.82. The first-order valence-electron chi connectivity index (χ1n) is 7.82. The van der Waals surface area contributed by atoms with Gasteiger partial charge in [0.2, 0.25) is 5.65 Å². The summed E-state index contributed by atoms with van der Waals surface area (Å²) >= 11 is 0. The maximum atomic E-state index is 4.60. The molecule has 0 aliphatic rings. The lowest BCUT2D eigenvalue weighted by molar-refractivity contribution is -0.619. The minimum atomic E-state index is 1.01. The van der Waals surface area contributed by atoms with Gasteiger partial charge in [0, 0.05) is 5.39 Å². The third-order valence-electron chi connectivity index (χ3n) is 4.79. The number of pyridine rings is 2. The van der Waals surface area contributed by atoms with E-state index in [0.717, 1.165) is 11.2 Å². The third-order valence-corrected chi connectivity index (χ3v) is 4.79. The molecule has 0 aliphatic carbocycles. The Morgan fingerprint density at radius 1 is 0.870 bits per heavy atom. The molecule has 5 aromatic rings. The number of fused-ring (bicyclic) bond motifs is 8. The normalized spacial score (nSPS) is 11.9. The van der Waals surface area contributed by atoms with Gasteiger partial charge in [-0.15, -0.1) is 4.98 Å². The van der Waals surface area contributed by atoms with Crippen molar-refractivity contribution < 1.29 is 4.57 Å². The van der Waals surface area contributed by atoms with Crippen LogP contribution in [0.5, 0.6) is 0 Å². The van der Waals surface area contributed by atoms with Gasteiger partial charge in [-0.2, -0.15) is 0 Å². The predicted octanol–water partition coefficient (Wildman–Crippen LogP) is 3.93. The highest BCUT2D eigenvalue weighted by Crippen LogP contribution is 2.32. The van der Waals surface area contributed by atoms with Gasteiger partial charge in [0.05, 0.1) is 12.4 Å². The first kappa shape index (κ1) is 12.6. The zero-order valence-electron chi connectivity index (χ0n) is 13.1. The van der Waals surface area contributed by atoms with Crippen LogP contribution in [0.25, 0.3) is 38.5 Å². The average molecular weight is 298 g/mol. The molecule has 0 N–H and O–H groups in total. The molecule has 3 aromatic heterocycles. The van der Waals surface area contributed by atoms with Gasteiger partial charge < -0.3 is 0 Å². The summed E-state index contributed by atoms with van der Waals surface area (Å²) in [6.45, 7) is 2.18. The number of aromatic nitrogens is 3. The van der Waals surface area contributed by atoms with Crippen LogP contribution < -0.4 is 4.57 Å². The van der Waals surface area contributed by atoms with Crippen molar-refractivity contribution in [3.8, 4) is 0 Å². The SMILES string of the molecule is Cc1cccc2c3ccccc3n3c4cccnc4[n+](C)c3c12. The van der Waals surface area contributed by atoms with Crippen molar-refractivity contribution in [2.24, 2.45) is 7.05 Å². The summed E-state index contributed by atoms with van der Waals surface area (Å²) in [7, 11) is 2.10. The molecule has 3 heterocycles. The molecule has 3 heteroatoms. The van der Waals surface area contributed by atoms with E-state index in [1.807, 2.05) is 12.3 Å². The van der Waals surface area contributed by atoms with Gasteiger partial charge in [-0.1, -0.05) is 36.4 Å². The highest BCUT2D eigenvalue weighted by Gasteiger charge is 2.22. The minimum absolute atomic E-state index is 1.01. The monoisotopic (exact) mass is 298 g/mol. The fourth-order valence-electron chi connectivity index (χ4n) is 3.79. The largest absolute Gasteiger partial charge is 0.302 e. The summed E-state index contributed by atoms with van der Waals surface area (Å²) in [5.41, 5.74) is 5.86. The highest BCUT2D eigenvalue weighted by molar-refractivity contribution is 6.13. The molecule has 0 bridgehead atoms. The van der Waals surface area contributed by atoms with E-state index in [0.29, 0.717) is 0 Å². The highest BCUT2D eigenvalue weighted by atomic mass is 15.1. The second-order valence-electron chi connectivity index (χ2n) is 6.08. The van der Waals surface area contributed by atoms with Crippen molar-refractivity contribution in [1.82, 2.24) is 9.38 Å². The Morgan fingerprint density at radius 2 is 1.65 bits per heavy atom. The van der Waals surface area contributed by atoms with E-state index in [2.05, 4.69) is 76.5 Å². The molecule has 0 unspecified atom stereocenters. The zero-order valence-corrected chi connectivity index (χ0v) is 13.1. The average Bonchev–Trinajstić information content (AvgIpc) is 2.89. The second-order valence-corrected chi connectivity index (χ2v) is 6.08. The van der Waals surface area contributed by atoms with Crippen LogP contribution in [0.4, 0.5) is 0 Å².